The van der Waals surface area contributed by atoms with E-state index in [0.29, 0.717) is 18.5 Å². The molecule has 0 saturated carbocycles. The Balaban J connectivity index is 1.43. The van der Waals surface area contributed by atoms with Crippen LogP contribution in [-0.4, -0.2) is 52.2 Å². The highest BCUT2D eigenvalue weighted by atomic mass is 16.6. The molecule has 0 spiro atoms. The third-order valence-corrected chi connectivity index (χ3v) is 10.0. The van der Waals surface area contributed by atoms with Crippen LogP contribution >= 0.6 is 0 Å². The largest absolute Gasteiger partial charge is 0.374 e. The number of likely N-dealkylation sites (N-methyl/N-ethyl adjacent to an activating group) is 1. The molecule has 8 nitrogen and oxygen atoms in total. The second-order valence-electron chi connectivity index (χ2n) is 12.1. The molecular formula is C35H30N4O4. The Morgan fingerprint density at radius 3 is 2.37 bits per heavy atom. The molecule has 1 saturated heterocycles. The van der Waals surface area contributed by atoms with Crippen LogP contribution in [0.5, 0.6) is 0 Å². The average molecular weight is 571 g/mol. The third-order valence-electron chi connectivity index (χ3n) is 10.0. The summed E-state index contributed by atoms with van der Waals surface area (Å²) in [7, 11) is 3.57. The first-order valence-corrected chi connectivity index (χ1v) is 14.8. The minimum Gasteiger partial charge on any atom is -0.374 e. The van der Waals surface area contributed by atoms with Gasteiger partial charge in [-0.15, -0.1) is 0 Å². The molecular weight excluding hydrogens is 540 g/mol. The molecule has 5 heterocycles. The molecule has 8 heteroatoms. The molecule has 6 aromatic rings. The van der Waals surface area contributed by atoms with Gasteiger partial charge in [0.1, 0.15) is 12.3 Å². The zero-order valence-corrected chi connectivity index (χ0v) is 24.1. The summed E-state index contributed by atoms with van der Waals surface area (Å²) in [6.45, 7) is 2.56. The molecule has 2 unspecified atom stereocenters. The van der Waals surface area contributed by atoms with Gasteiger partial charge in [-0.3, -0.25) is 9.59 Å². The predicted molar refractivity (Wildman–Crippen MR) is 165 cm³/mol. The van der Waals surface area contributed by atoms with E-state index in [1.807, 2.05) is 66.5 Å². The SMILES string of the molecule is COC1C(N(C)C(=O)c2ccccc2)C[C@@H]2O[C@]1(C)n1c3ccccc3c3c4c(c5c6ccccc6n2c5c31)C(=O)NC4. The number of nitrogens with one attached hydrogen (secondary N) is 1. The van der Waals surface area contributed by atoms with Crippen molar-refractivity contribution in [2.24, 2.45) is 0 Å². The summed E-state index contributed by atoms with van der Waals surface area (Å²) in [5.41, 5.74) is 5.46. The fraction of sp³-hybridized carbons (Fsp3) is 0.257. The van der Waals surface area contributed by atoms with Crippen LogP contribution in [0.15, 0.2) is 78.9 Å². The lowest BCUT2D eigenvalue weighted by Crippen LogP contribution is -2.61. The van der Waals surface area contributed by atoms with E-state index in [2.05, 4.69) is 45.6 Å². The maximum Gasteiger partial charge on any atom is 0.253 e. The van der Waals surface area contributed by atoms with Crippen molar-refractivity contribution in [2.45, 2.75) is 44.0 Å². The van der Waals surface area contributed by atoms with Crippen molar-refractivity contribution in [1.29, 1.82) is 0 Å². The number of para-hydroxylation sites is 2. The molecule has 43 heavy (non-hydrogen) atoms. The lowest BCUT2D eigenvalue weighted by molar-refractivity contribution is -0.264. The fourth-order valence-corrected chi connectivity index (χ4v) is 8.33. The molecule has 3 aliphatic rings. The number of amides is 2. The van der Waals surface area contributed by atoms with Crippen LogP contribution < -0.4 is 5.32 Å². The summed E-state index contributed by atoms with van der Waals surface area (Å²) >= 11 is 0. The monoisotopic (exact) mass is 570 g/mol. The van der Waals surface area contributed by atoms with E-state index in [1.165, 1.54) is 0 Å². The topological polar surface area (TPSA) is 77.7 Å². The van der Waals surface area contributed by atoms with E-state index in [9.17, 15) is 9.59 Å². The van der Waals surface area contributed by atoms with Gasteiger partial charge in [0.25, 0.3) is 11.8 Å². The number of aromatic nitrogens is 2. The zero-order valence-electron chi connectivity index (χ0n) is 24.1. The molecule has 0 aliphatic carbocycles. The molecule has 4 aromatic carbocycles. The highest BCUT2D eigenvalue weighted by Crippen LogP contribution is 2.54. The van der Waals surface area contributed by atoms with E-state index < -0.39 is 18.1 Å². The Kier molecular flexibility index (Phi) is 4.90. The highest BCUT2D eigenvalue weighted by Gasteiger charge is 2.55. The van der Waals surface area contributed by atoms with Crippen LogP contribution in [0, 0.1) is 0 Å². The first-order chi connectivity index (χ1) is 20.9. The minimum absolute atomic E-state index is 0.0446. The Morgan fingerprint density at radius 1 is 0.953 bits per heavy atom. The number of carbonyl (C=O) groups is 2. The standard InChI is InChI=1S/C35H30N4O4/c1-35-32(42-3)25(37(2)34(41)19-11-5-4-6-12-19)17-26(43-35)38-23-15-9-7-13-20(23)28-29-22(18-36-33(29)40)27-21-14-8-10-16-24(21)39(35)31(27)30(28)38/h4-16,25-26,32H,17-18H2,1-3H3,(H,36,40)/t25?,26-,32?,35-/m0/s1. The molecule has 3 aliphatic heterocycles. The van der Waals surface area contributed by atoms with Crippen LogP contribution in [0.1, 0.15) is 45.9 Å². The Morgan fingerprint density at radius 2 is 1.63 bits per heavy atom. The van der Waals surface area contributed by atoms with Gasteiger partial charge < -0.3 is 28.8 Å². The highest BCUT2D eigenvalue weighted by molar-refractivity contribution is 6.31. The number of rotatable bonds is 3. The van der Waals surface area contributed by atoms with Crippen LogP contribution in [0.2, 0.25) is 0 Å². The predicted octanol–water partition coefficient (Wildman–Crippen LogP) is 5.91. The van der Waals surface area contributed by atoms with Crippen molar-refractivity contribution in [3.8, 4) is 0 Å². The van der Waals surface area contributed by atoms with E-state index in [0.717, 1.165) is 54.7 Å². The van der Waals surface area contributed by atoms with Crippen LogP contribution in [0.4, 0.5) is 0 Å². The van der Waals surface area contributed by atoms with Gasteiger partial charge in [-0.1, -0.05) is 54.6 Å². The lowest BCUT2D eigenvalue weighted by atomic mass is 9.91. The van der Waals surface area contributed by atoms with Gasteiger partial charge in [0.05, 0.1) is 33.7 Å². The molecule has 0 radical (unpaired) electrons. The Labute approximate surface area is 247 Å². The van der Waals surface area contributed by atoms with Gasteiger partial charge in [0, 0.05) is 54.2 Å². The van der Waals surface area contributed by atoms with Crippen molar-refractivity contribution in [1.82, 2.24) is 19.4 Å². The van der Waals surface area contributed by atoms with Gasteiger partial charge in [-0.05, 0) is 36.8 Å². The van der Waals surface area contributed by atoms with Crippen molar-refractivity contribution in [3.63, 3.8) is 0 Å². The molecule has 214 valence electrons. The van der Waals surface area contributed by atoms with Gasteiger partial charge in [-0.25, -0.2) is 0 Å². The maximum absolute atomic E-state index is 13.9. The van der Waals surface area contributed by atoms with E-state index in [-0.39, 0.29) is 17.9 Å². The molecule has 1 N–H and O–H groups in total. The number of hydrogen-bond acceptors (Lipinski definition) is 4. The minimum atomic E-state index is -0.980. The molecule has 9 rings (SSSR count). The van der Waals surface area contributed by atoms with Crippen molar-refractivity contribution in [2.75, 3.05) is 14.2 Å². The fourth-order valence-electron chi connectivity index (χ4n) is 8.33. The van der Waals surface area contributed by atoms with Gasteiger partial charge >= 0.3 is 0 Å². The molecule has 2 amide bonds. The first-order valence-electron chi connectivity index (χ1n) is 14.8. The third kappa shape index (κ3) is 2.97. The van der Waals surface area contributed by atoms with Crippen molar-refractivity contribution in [3.05, 3.63) is 95.6 Å². The number of fused-ring (bicyclic) bond motifs is 13. The number of hydrogen-bond donors (Lipinski definition) is 1. The summed E-state index contributed by atoms with van der Waals surface area (Å²) in [5.74, 6) is -0.107. The van der Waals surface area contributed by atoms with Crippen molar-refractivity contribution < 1.29 is 19.1 Å². The number of nitrogens with zero attached hydrogens (tertiary/aromatic N) is 3. The first kappa shape index (κ1) is 24.9. The second-order valence-corrected chi connectivity index (χ2v) is 12.1. The van der Waals surface area contributed by atoms with E-state index >= 15 is 0 Å². The van der Waals surface area contributed by atoms with Crippen LogP contribution in [-0.2, 0) is 21.7 Å². The second kappa shape index (κ2) is 8.46. The quantitative estimate of drug-likeness (QED) is 0.287. The lowest BCUT2D eigenvalue weighted by Gasteiger charge is -2.50. The number of ether oxygens (including phenoxy) is 2. The summed E-state index contributed by atoms with van der Waals surface area (Å²) in [4.78, 5) is 29.2. The summed E-state index contributed by atoms with van der Waals surface area (Å²) in [5, 5.41) is 7.24. The van der Waals surface area contributed by atoms with Crippen LogP contribution in [0.25, 0.3) is 43.6 Å². The Hall–Kier alpha value is -4.66. The van der Waals surface area contributed by atoms with Crippen molar-refractivity contribution >= 4 is 55.4 Å². The van der Waals surface area contributed by atoms with Gasteiger partial charge in [0.2, 0.25) is 0 Å². The van der Waals surface area contributed by atoms with E-state index in [4.69, 9.17) is 9.47 Å². The summed E-state index contributed by atoms with van der Waals surface area (Å²) in [6, 6.07) is 25.7. The smallest absolute Gasteiger partial charge is 0.253 e. The molecule has 2 aromatic heterocycles. The van der Waals surface area contributed by atoms with Gasteiger partial charge in [0.15, 0.2) is 5.72 Å². The van der Waals surface area contributed by atoms with E-state index in [1.54, 1.807) is 7.11 Å². The number of methoxy groups -OCH3 is 1. The maximum atomic E-state index is 13.9. The number of carbonyl (C=O) groups excluding carboxylic acids is 2. The van der Waals surface area contributed by atoms with Gasteiger partial charge in [-0.2, -0.15) is 0 Å². The normalized spacial score (nSPS) is 24.2. The number of benzene rings is 4. The zero-order chi connectivity index (χ0) is 29.2. The average Bonchev–Trinajstić information content (AvgIpc) is 3.68. The van der Waals surface area contributed by atoms with Crippen LogP contribution in [0.3, 0.4) is 0 Å². The molecule has 2 bridgehead atoms. The Bertz CT molecular complexity index is 2180. The molecule has 1 fully saturated rings. The molecule has 4 atom stereocenters. The summed E-state index contributed by atoms with van der Waals surface area (Å²) in [6.07, 6.45) is -0.386. The summed E-state index contributed by atoms with van der Waals surface area (Å²) < 4.78 is 18.1.